The number of nitrogens with one attached hydrogen (secondary N) is 1. The Bertz CT molecular complexity index is 1210. The maximum Gasteiger partial charge on any atom is 0.396 e. The van der Waals surface area contributed by atoms with Crippen LogP contribution in [0.15, 0.2) is 22.6 Å². The smallest absolute Gasteiger partial charge is 0.396 e. The van der Waals surface area contributed by atoms with E-state index in [0.717, 1.165) is 25.1 Å². The molecule has 4 fully saturated rings. The summed E-state index contributed by atoms with van der Waals surface area (Å²) >= 11 is 0. The second-order valence-electron chi connectivity index (χ2n) is 10.5. The van der Waals surface area contributed by atoms with Crippen molar-refractivity contribution in [3.63, 3.8) is 0 Å². The topological polar surface area (TPSA) is 94.6 Å². The highest BCUT2D eigenvalue weighted by atomic mass is 19.4. The summed E-state index contributed by atoms with van der Waals surface area (Å²) < 4.78 is 50.4. The Kier molecular flexibility index (Phi) is 6.56. The second-order valence-corrected chi connectivity index (χ2v) is 10.5. The number of hydrogen-bond donors (Lipinski definition) is 1. The predicted octanol–water partition coefficient (Wildman–Crippen LogP) is 4.90. The summed E-state index contributed by atoms with van der Waals surface area (Å²) in [5.74, 6) is -0.760. The fourth-order valence-electron chi connectivity index (χ4n) is 5.70. The van der Waals surface area contributed by atoms with Crippen LogP contribution in [0.5, 0.6) is 0 Å². The Labute approximate surface area is 213 Å². The number of halogens is 3. The van der Waals surface area contributed by atoms with Crippen LogP contribution in [0.25, 0.3) is 0 Å². The summed E-state index contributed by atoms with van der Waals surface area (Å²) in [4.78, 5) is 21.1. The zero-order valence-corrected chi connectivity index (χ0v) is 20.9. The number of hydrogen-bond acceptors (Lipinski definition) is 7. The van der Waals surface area contributed by atoms with Gasteiger partial charge in [-0.15, -0.1) is 0 Å². The highest BCUT2D eigenvalue weighted by Crippen LogP contribution is 2.38. The van der Waals surface area contributed by atoms with E-state index >= 15 is 0 Å². The standard InChI is InChI=1S/C26H30F3N5O3/c1-25(36-2)14-33(15-25)24-32-22(21(37-24)11-26(27,28)29)23(35)31-18-7-9-20(17(10-18)12-30)34-13-16-4-3-5-19(34)8-6-16/h7,9-10,16,19H,3-6,8,11,13-15H2,1-2H3,(H,31,35). The van der Waals surface area contributed by atoms with Crippen LogP contribution in [0.4, 0.5) is 30.6 Å². The quantitative estimate of drug-likeness (QED) is 0.583. The van der Waals surface area contributed by atoms with Gasteiger partial charge in [0, 0.05) is 25.4 Å². The SMILES string of the molecule is COC1(C)CN(c2nc(C(=O)Nc3ccc(N4CC5CCCC4CC5)c(C#N)c3)c(CC(F)(F)F)o2)C1. The van der Waals surface area contributed by atoms with Crippen LogP contribution < -0.4 is 15.1 Å². The Morgan fingerprint density at radius 1 is 1.30 bits per heavy atom. The molecule has 2 bridgehead atoms. The van der Waals surface area contributed by atoms with Crippen LogP contribution >= 0.6 is 0 Å². The molecule has 2 atom stereocenters. The number of nitrogens with zero attached hydrogens (tertiary/aromatic N) is 4. The van der Waals surface area contributed by atoms with Crippen molar-refractivity contribution in [2.24, 2.45) is 5.92 Å². The Morgan fingerprint density at radius 3 is 2.78 bits per heavy atom. The monoisotopic (exact) mass is 517 g/mol. The van der Waals surface area contributed by atoms with Gasteiger partial charge < -0.3 is 24.3 Å². The lowest BCUT2D eigenvalue weighted by molar-refractivity contribution is -0.130. The normalized spacial score (nSPS) is 22.8. The van der Waals surface area contributed by atoms with Crippen LogP contribution in [0.2, 0.25) is 0 Å². The number of carbonyl (C=O) groups is 1. The summed E-state index contributed by atoms with van der Waals surface area (Å²) in [6.45, 7) is 3.53. The van der Waals surface area contributed by atoms with E-state index in [1.54, 1.807) is 24.1 Å². The van der Waals surface area contributed by atoms with Crippen molar-refractivity contribution >= 4 is 23.3 Å². The molecule has 1 aromatic carbocycles. The van der Waals surface area contributed by atoms with E-state index in [1.165, 1.54) is 19.3 Å². The first kappa shape index (κ1) is 25.4. The van der Waals surface area contributed by atoms with Gasteiger partial charge in [0.2, 0.25) is 0 Å². The minimum absolute atomic E-state index is 0.0526. The van der Waals surface area contributed by atoms with Crippen molar-refractivity contribution in [2.75, 3.05) is 41.9 Å². The average Bonchev–Trinajstić information content (AvgIpc) is 2.98. The third-order valence-corrected chi connectivity index (χ3v) is 7.71. The molecule has 198 valence electrons. The molecule has 3 aliphatic heterocycles. The first-order chi connectivity index (χ1) is 17.6. The van der Waals surface area contributed by atoms with Gasteiger partial charge in [-0.3, -0.25) is 4.79 Å². The molecule has 0 spiro atoms. The number of rotatable bonds is 6. The van der Waals surface area contributed by atoms with E-state index in [-0.39, 0.29) is 6.01 Å². The number of anilines is 3. The highest BCUT2D eigenvalue weighted by Gasteiger charge is 2.43. The van der Waals surface area contributed by atoms with Crippen molar-refractivity contribution in [1.29, 1.82) is 5.26 Å². The van der Waals surface area contributed by atoms with E-state index in [2.05, 4.69) is 21.3 Å². The Balaban J connectivity index is 1.37. The average molecular weight is 518 g/mol. The number of fused-ring (bicyclic) bond motifs is 4. The number of oxazole rings is 1. The minimum atomic E-state index is -4.58. The van der Waals surface area contributed by atoms with E-state index in [9.17, 15) is 23.2 Å². The van der Waals surface area contributed by atoms with Crippen LogP contribution in [0.1, 0.15) is 60.8 Å². The van der Waals surface area contributed by atoms with Crippen molar-refractivity contribution in [3.05, 3.63) is 35.2 Å². The lowest BCUT2D eigenvalue weighted by Crippen LogP contribution is -2.61. The van der Waals surface area contributed by atoms with Crippen molar-refractivity contribution in [1.82, 2.24) is 4.98 Å². The van der Waals surface area contributed by atoms with E-state index in [4.69, 9.17) is 9.15 Å². The molecule has 0 radical (unpaired) electrons. The van der Waals surface area contributed by atoms with Crippen LogP contribution in [-0.4, -0.2) is 55.5 Å². The third-order valence-electron chi connectivity index (χ3n) is 7.71. The van der Waals surface area contributed by atoms with E-state index in [1.807, 2.05) is 13.0 Å². The molecular formula is C26H30F3N5O3. The highest BCUT2D eigenvalue weighted by molar-refractivity contribution is 6.04. The van der Waals surface area contributed by atoms with Gasteiger partial charge in [0.15, 0.2) is 5.69 Å². The number of ether oxygens (including phenoxy) is 1. The molecule has 1 saturated carbocycles. The van der Waals surface area contributed by atoms with Crippen molar-refractivity contribution in [3.8, 4) is 6.07 Å². The second kappa shape index (κ2) is 9.56. The van der Waals surface area contributed by atoms with E-state index in [0.29, 0.717) is 36.3 Å². The molecular weight excluding hydrogens is 487 g/mol. The van der Waals surface area contributed by atoms with E-state index < -0.39 is 35.6 Å². The van der Waals surface area contributed by atoms with Gasteiger partial charge in [-0.05, 0) is 56.7 Å². The molecule has 1 N–H and O–H groups in total. The number of nitriles is 1. The molecule has 6 rings (SSSR count). The molecule has 1 aromatic heterocycles. The number of amides is 1. The number of carbonyl (C=O) groups excluding carboxylic acids is 1. The summed E-state index contributed by atoms with van der Waals surface area (Å²) in [5, 5.41) is 12.4. The first-order valence-corrected chi connectivity index (χ1v) is 12.6. The van der Waals surface area contributed by atoms with Crippen LogP contribution in [0.3, 0.4) is 0 Å². The molecule has 11 heteroatoms. The molecule has 4 heterocycles. The molecule has 2 unspecified atom stereocenters. The largest absolute Gasteiger partial charge is 0.427 e. The molecule has 1 aliphatic carbocycles. The Morgan fingerprint density at radius 2 is 2.08 bits per heavy atom. The molecule has 2 aromatic rings. The van der Waals surface area contributed by atoms with Gasteiger partial charge in [0.25, 0.3) is 11.9 Å². The third kappa shape index (κ3) is 5.25. The van der Waals surface area contributed by atoms with Gasteiger partial charge >= 0.3 is 6.18 Å². The van der Waals surface area contributed by atoms with Gasteiger partial charge in [-0.1, -0.05) is 6.42 Å². The number of alkyl halides is 3. The van der Waals surface area contributed by atoms with Crippen LogP contribution in [0, 0.1) is 17.2 Å². The summed E-state index contributed by atoms with van der Waals surface area (Å²) in [5.41, 5.74) is 0.678. The first-order valence-electron chi connectivity index (χ1n) is 12.6. The van der Waals surface area contributed by atoms with Gasteiger partial charge in [-0.2, -0.15) is 23.4 Å². The molecule has 1 amide bonds. The molecule has 8 nitrogen and oxygen atoms in total. The maximum absolute atomic E-state index is 13.2. The van der Waals surface area contributed by atoms with Gasteiger partial charge in [0.1, 0.15) is 23.9 Å². The predicted molar refractivity (Wildman–Crippen MR) is 131 cm³/mol. The number of benzene rings is 1. The van der Waals surface area contributed by atoms with Crippen LogP contribution in [-0.2, 0) is 11.2 Å². The lowest BCUT2D eigenvalue weighted by atomic mass is 9.93. The number of piperidine rings is 1. The Hall–Kier alpha value is -3.26. The molecule has 4 aliphatic rings. The zero-order chi connectivity index (χ0) is 26.4. The fraction of sp³-hybridized carbons (Fsp3) is 0.577. The maximum atomic E-state index is 13.2. The fourth-order valence-corrected chi connectivity index (χ4v) is 5.70. The molecule has 37 heavy (non-hydrogen) atoms. The lowest BCUT2D eigenvalue weighted by Gasteiger charge is -2.45. The van der Waals surface area contributed by atoms with Gasteiger partial charge in [-0.25, -0.2) is 0 Å². The minimum Gasteiger partial charge on any atom is -0.427 e. The summed E-state index contributed by atoms with van der Waals surface area (Å²) in [6, 6.07) is 7.62. The van der Waals surface area contributed by atoms with Gasteiger partial charge in [0.05, 0.1) is 24.3 Å². The summed E-state index contributed by atoms with van der Waals surface area (Å²) in [6.07, 6.45) is -0.210. The summed E-state index contributed by atoms with van der Waals surface area (Å²) in [7, 11) is 1.55. The zero-order valence-electron chi connectivity index (χ0n) is 20.9. The number of methoxy groups -OCH3 is 1. The van der Waals surface area contributed by atoms with Crippen molar-refractivity contribution < 1.29 is 27.1 Å². The van der Waals surface area contributed by atoms with Crippen molar-refractivity contribution in [2.45, 2.75) is 63.3 Å². The molecule has 3 saturated heterocycles. The number of aromatic nitrogens is 1.